The van der Waals surface area contributed by atoms with Crippen LogP contribution in [0.25, 0.3) is 0 Å². The minimum Gasteiger partial charge on any atom is -0.462 e. The normalized spacial score (nSPS) is 14.9. The molecule has 0 amide bonds. The molecule has 0 radical (unpaired) electrons. The molecule has 0 aliphatic rings. The van der Waals surface area contributed by atoms with Crippen molar-refractivity contribution in [3.8, 4) is 0 Å². The molecule has 7 atom stereocenters. The second kappa shape index (κ2) is 60.7. The molecule has 90 heavy (non-hydrogen) atoms. The quantitative estimate of drug-likeness (QED) is 0.0222. The Bertz CT molecular complexity index is 1790. The van der Waals surface area contributed by atoms with Crippen molar-refractivity contribution in [2.24, 2.45) is 23.7 Å². The van der Waals surface area contributed by atoms with Crippen LogP contribution >= 0.6 is 15.6 Å². The lowest BCUT2D eigenvalue weighted by molar-refractivity contribution is -0.161. The number of rotatable bonds is 68. The lowest BCUT2D eigenvalue weighted by atomic mass is 9.99. The van der Waals surface area contributed by atoms with E-state index in [9.17, 15) is 43.2 Å². The first-order chi connectivity index (χ1) is 43.2. The predicted molar refractivity (Wildman–Crippen MR) is 363 cm³/mol. The number of carbonyl (C=O) groups is 4. The lowest BCUT2D eigenvalue weighted by Gasteiger charge is -2.21. The highest BCUT2D eigenvalue weighted by Gasteiger charge is 2.30. The van der Waals surface area contributed by atoms with Gasteiger partial charge in [-0.3, -0.25) is 37.3 Å². The van der Waals surface area contributed by atoms with Crippen LogP contribution in [-0.2, 0) is 65.4 Å². The Morgan fingerprint density at radius 1 is 0.311 bits per heavy atom. The van der Waals surface area contributed by atoms with Crippen LogP contribution in [0.2, 0.25) is 0 Å². The number of aliphatic hydroxyl groups is 1. The van der Waals surface area contributed by atoms with Crippen molar-refractivity contribution in [2.75, 3.05) is 39.6 Å². The Kier molecular flexibility index (Phi) is 59.4. The van der Waals surface area contributed by atoms with E-state index < -0.39 is 97.5 Å². The molecular weight excluding hydrogens is 1190 g/mol. The molecule has 0 saturated carbocycles. The maximum absolute atomic E-state index is 13.0. The van der Waals surface area contributed by atoms with Gasteiger partial charge in [0.2, 0.25) is 0 Å². The summed E-state index contributed by atoms with van der Waals surface area (Å²) < 4.78 is 68.3. The number of unbranched alkanes of at least 4 members (excludes halogenated alkanes) is 32. The molecule has 17 nitrogen and oxygen atoms in total. The minimum absolute atomic E-state index is 0.103. The molecule has 0 rings (SSSR count). The van der Waals surface area contributed by atoms with Gasteiger partial charge in [-0.2, -0.15) is 0 Å². The van der Waals surface area contributed by atoms with E-state index in [2.05, 4.69) is 55.4 Å². The Balaban J connectivity index is 5.22. The van der Waals surface area contributed by atoms with Gasteiger partial charge in [0, 0.05) is 25.7 Å². The highest BCUT2D eigenvalue weighted by Crippen LogP contribution is 2.45. The van der Waals surface area contributed by atoms with Crippen LogP contribution in [0.3, 0.4) is 0 Å². The summed E-state index contributed by atoms with van der Waals surface area (Å²) in [6, 6.07) is 0. The topological polar surface area (TPSA) is 237 Å². The van der Waals surface area contributed by atoms with Gasteiger partial charge in [-0.25, -0.2) is 9.13 Å². The van der Waals surface area contributed by atoms with E-state index in [1.165, 1.54) is 154 Å². The molecule has 19 heteroatoms. The zero-order valence-corrected chi connectivity index (χ0v) is 60.6. The predicted octanol–water partition coefficient (Wildman–Crippen LogP) is 20.1. The third kappa shape index (κ3) is 62.2. The summed E-state index contributed by atoms with van der Waals surface area (Å²) in [4.78, 5) is 72.6. The highest BCUT2D eigenvalue weighted by atomic mass is 31.2. The standard InChI is InChI=1S/C71H138O17P2/c1-9-63(7)49-41-33-25-20-22-28-37-45-53-70(75)87-66(57-82-69(74)52-44-36-27-21-19-24-32-40-48-62(5)6)59-85-89(77,78)83-55-65(72)56-84-90(79,80)86-60-67(88-71(76)54-46-38-30-29-34-42-50-64(8)10-2)58-81-68(73)51-43-35-26-18-16-14-12-11-13-15-17-23-31-39-47-61(3)4/h61-67,72H,9-60H2,1-8H3,(H,77,78)(H,79,80)/t63?,64?,65?,66-,67-/m1/s1. The van der Waals surface area contributed by atoms with Crippen molar-refractivity contribution >= 4 is 39.5 Å². The minimum atomic E-state index is -4.95. The Morgan fingerprint density at radius 2 is 0.533 bits per heavy atom. The van der Waals surface area contributed by atoms with Crippen molar-refractivity contribution in [2.45, 2.75) is 369 Å². The maximum Gasteiger partial charge on any atom is 0.472 e. The van der Waals surface area contributed by atoms with Gasteiger partial charge in [0.25, 0.3) is 0 Å². The van der Waals surface area contributed by atoms with E-state index in [0.717, 1.165) is 114 Å². The lowest BCUT2D eigenvalue weighted by Crippen LogP contribution is -2.30. The van der Waals surface area contributed by atoms with E-state index in [0.29, 0.717) is 25.7 Å². The van der Waals surface area contributed by atoms with E-state index in [-0.39, 0.29) is 25.7 Å². The molecule has 534 valence electrons. The summed E-state index contributed by atoms with van der Waals surface area (Å²) in [5.74, 6) is 0.883. The summed E-state index contributed by atoms with van der Waals surface area (Å²) in [5.41, 5.74) is 0. The Labute approximate surface area is 549 Å². The van der Waals surface area contributed by atoms with Crippen LogP contribution in [0.15, 0.2) is 0 Å². The van der Waals surface area contributed by atoms with Crippen molar-refractivity contribution in [1.82, 2.24) is 0 Å². The van der Waals surface area contributed by atoms with Gasteiger partial charge in [-0.1, -0.05) is 299 Å². The van der Waals surface area contributed by atoms with Crippen LogP contribution in [0, 0.1) is 23.7 Å². The molecule has 0 aliphatic heterocycles. The van der Waals surface area contributed by atoms with Gasteiger partial charge in [-0.15, -0.1) is 0 Å². The van der Waals surface area contributed by atoms with Crippen molar-refractivity contribution in [3.63, 3.8) is 0 Å². The number of aliphatic hydroxyl groups excluding tert-OH is 1. The number of esters is 4. The van der Waals surface area contributed by atoms with E-state index in [1.807, 2.05) is 0 Å². The van der Waals surface area contributed by atoms with Crippen LogP contribution in [0.5, 0.6) is 0 Å². The van der Waals surface area contributed by atoms with Gasteiger partial charge >= 0.3 is 39.5 Å². The molecular formula is C71H138O17P2. The molecule has 0 saturated heterocycles. The van der Waals surface area contributed by atoms with Gasteiger partial charge < -0.3 is 33.8 Å². The SMILES string of the molecule is CCC(C)CCCCCCCCCCC(=O)O[C@H](COC(=O)CCCCCCCCCCC(C)C)COP(=O)(O)OCC(O)COP(=O)(O)OC[C@@H](COC(=O)CCCCCCCCCCCCCCCCC(C)C)OC(=O)CCCCCCCCC(C)CC. The number of ether oxygens (including phenoxy) is 4. The van der Waals surface area contributed by atoms with E-state index in [1.54, 1.807) is 0 Å². The fourth-order valence-electron chi connectivity index (χ4n) is 10.6. The second-order valence-corrected chi connectivity index (χ2v) is 30.0. The molecule has 0 bridgehead atoms. The fourth-order valence-corrected chi connectivity index (χ4v) is 12.2. The molecule has 0 fully saturated rings. The summed E-state index contributed by atoms with van der Waals surface area (Å²) in [7, 11) is -9.90. The molecule has 0 spiro atoms. The average Bonchev–Trinajstić information content (AvgIpc) is 3.72. The number of hydrogen-bond acceptors (Lipinski definition) is 15. The van der Waals surface area contributed by atoms with E-state index in [4.69, 9.17) is 37.0 Å². The summed E-state index contributed by atoms with van der Waals surface area (Å²) in [6.07, 6.45) is 43.1. The highest BCUT2D eigenvalue weighted by molar-refractivity contribution is 7.47. The third-order valence-electron chi connectivity index (χ3n) is 17.0. The van der Waals surface area contributed by atoms with Crippen molar-refractivity contribution < 1.29 is 80.2 Å². The van der Waals surface area contributed by atoms with E-state index >= 15 is 0 Å². The van der Waals surface area contributed by atoms with Crippen LogP contribution in [0.4, 0.5) is 0 Å². The fraction of sp³-hybridized carbons (Fsp3) is 0.944. The zero-order chi connectivity index (χ0) is 66.8. The number of phosphoric ester groups is 2. The number of phosphoric acid groups is 2. The van der Waals surface area contributed by atoms with Gasteiger partial charge in [0.15, 0.2) is 12.2 Å². The summed E-state index contributed by atoms with van der Waals surface area (Å²) in [6.45, 7) is 14.1. The monoisotopic (exact) mass is 1320 g/mol. The third-order valence-corrected chi connectivity index (χ3v) is 18.9. The number of carbonyl (C=O) groups excluding carboxylic acids is 4. The molecule has 0 aliphatic carbocycles. The summed E-state index contributed by atoms with van der Waals surface area (Å²) in [5, 5.41) is 10.6. The summed E-state index contributed by atoms with van der Waals surface area (Å²) >= 11 is 0. The smallest absolute Gasteiger partial charge is 0.462 e. The van der Waals surface area contributed by atoms with Gasteiger partial charge in [0.05, 0.1) is 26.4 Å². The van der Waals surface area contributed by atoms with Crippen molar-refractivity contribution in [3.05, 3.63) is 0 Å². The molecule has 0 aromatic carbocycles. The first-order valence-corrected chi connectivity index (χ1v) is 39.8. The second-order valence-electron chi connectivity index (χ2n) is 27.1. The molecule has 0 aromatic heterocycles. The van der Waals surface area contributed by atoms with Gasteiger partial charge in [0.1, 0.15) is 19.3 Å². The average molecular weight is 1330 g/mol. The molecule has 0 aromatic rings. The first kappa shape index (κ1) is 88.1. The van der Waals surface area contributed by atoms with Gasteiger partial charge in [-0.05, 0) is 49.4 Å². The maximum atomic E-state index is 13.0. The molecule has 0 heterocycles. The Hall–Kier alpha value is -1.94. The zero-order valence-electron chi connectivity index (χ0n) is 58.8. The largest absolute Gasteiger partial charge is 0.472 e. The number of hydrogen-bond donors (Lipinski definition) is 3. The molecule has 5 unspecified atom stereocenters. The van der Waals surface area contributed by atoms with Crippen molar-refractivity contribution in [1.29, 1.82) is 0 Å². The van der Waals surface area contributed by atoms with Crippen LogP contribution in [-0.4, -0.2) is 96.7 Å². The van der Waals surface area contributed by atoms with Crippen LogP contribution in [0.1, 0.15) is 351 Å². The Morgan fingerprint density at radius 3 is 0.789 bits per heavy atom. The first-order valence-electron chi connectivity index (χ1n) is 36.8. The molecule has 3 N–H and O–H groups in total. The van der Waals surface area contributed by atoms with Crippen LogP contribution < -0.4 is 0 Å².